The maximum Gasteiger partial charge on any atom is 0.335 e. The van der Waals surface area contributed by atoms with Crippen LogP contribution in [0.3, 0.4) is 0 Å². The number of hydrogen-bond donors (Lipinski definition) is 3. The number of hydrogen-bond acceptors (Lipinski definition) is 5. The monoisotopic (exact) mass is 222 g/mol. The second-order valence-corrected chi connectivity index (χ2v) is 8.19. The smallest absolute Gasteiger partial charge is 0.335 e. The molecular weight excluding hydrogens is 208 g/mol. The molecule has 0 spiro atoms. The first-order valence-electron chi connectivity index (χ1n) is 3.97. The second-order valence-electron chi connectivity index (χ2n) is 3.76. The van der Waals surface area contributed by atoms with E-state index in [2.05, 4.69) is 0 Å². The van der Waals surface area contributed by atoms with Crippen molar-refractivity contribution >= 4 is 20.3 Å². The summed E-state index contributed by atoms with van der Waals surface area (Å²) in [7, 11) is -2.18. The van der Waals surface area contributed by atoms with Crippen molar-refractivity contribution in [2.24, 2.45) is 0 Å². The Bertz CT molecular complexity index is 233. The average molecular weight is 222 g/mol. The number of carbonyl (C=O) groups is 2. The molecule has 0 aliphatic heterocycles. The van der Waals surface area contributed by atoms with Crippen molar-refractivity contribution < 1.29 is 29.3 Å². The largest absolute Gasteiger partial charge is 0.518 e. The van der Waals surface area contributed by atoms with Crippen molar-refractivity contribution in [1.82, 2.24) is 0 Å². The lowest BCUT2D eigenvalue weighted by molar-refractivity contribution is -0.164. The molecule has 0 radical (unpaired) electrons. The Hall–Kier alpha value is -0.923. The van der Waals surface area contributed by atoms with Crippen LogP contribution in [-0.4, -0.2) is 47.8 Å². The first kappa shape index (κ1) is 13.1. The lowest BCUT2D eigenvalue weighted by atomic mass is 10.2. The van der Waals surface area contributed by atoms with Gasteiger partial charge in [0.1, 0.15) is 0 Å². The Morgan fingerprint density at radius 3 is 1.86 bits per heavy atom. The summed E-state index contributed by atoms with van der Waals surface area (Å²) in [6.45, 7) is 5.10. The molecule has 0 aliphatic carbocycles. The molecule has 7 heteroatoms. The number of aliphatic hydroxyl groups excluding tert-OH is 2. The number of carbonyl (C=O) groups excluding carboxylic acids is 1. The molecule has 2 atom stereocenters. The van der Waals surface area contributed by atoms with E-state index in [1.54, 1.807) is 19.6 Å². The third kappa shape index (κ3) is 4.35. The van der Waals surface area contributed by atoms with E-state index in [4.69, 9.17) is 19.7 Å². The SMILES string of the molecule is C[Si](C)(C)OC(=O)C(O)C(O)C(=O)O. The van der Waals surface area contributed by atoms with Gasteiger partial charge in [0.15, 0.2) is 12.2 Å². The molecule has 0 saturated heterocycles. The van der Waals surface area contributed by atoms with E-state index >= 15 is 0 Å². The highest BCUT2D eigenvalue weighted by atomic mass is 28.4. The molecule has 14 heavy (non-hydrogen) atoms. The minimum absolute atomic E-state index is 1.10. The lowest BCUT2D eigenvalue weighted by Crippen LogP contribution is -2.44. The quantitative estimate of drug-likeness (QED) is 0.536. The zero-order valence-corrected chi connectivity index (χ0v) is 9.22. The molecule has 0 aromatic rings. The molecule has 2 unspecified atom stereocenters. The fourth-order valence-corrected chi connectivity index (χ4v) is 1.35. The van der Waals surface area contributed by atoms with E-state index in [1.165, 1.54) is 0 Å². The van der Waals surface area contributed by atoms with E-state index in [9.17, 15) is 9.59 Å². The summed E-state index contributed by atoms with van der Waals surface area (Å²) in [5.74, 6) is -2.76. The molecule has 0 aromatic heterocycles. The summed E-state index contributed by atoms with van der Waals surface area (Å²) in [6, 6.07) is 0. The number of carboxylic acids is 1. The predicted molar refractivity (Wildman–Crippen MR) is 49.1 cm³/mol. The highest BCUT2D eigenvalue weighted by Gasteiger charge is 2.33. The lowest BCUT2D eigenvalue weighted by Gasteiger charge is -2.20. The van der Waals surface area contributed by atoms with Crippen LogP contribution in [0.5, 0.6) is 0 Å². The standard InChI is InChI=1S/C7H14O6Si/c1-14(2,3)13-7(12)5(9)4(8)6(10)11/h4-5,8-9H,1-3H3,(H,10,11). The second kappa shape index (κ2) is 4.53. The van der Waals surface area contributed by atoms with E-state index in [1.807, 2.05) is 0 Å². The summed E-state index contributed by atoms with van der Waals surface area (Å²) in [5, 5.41) is 26.2. The molecule has 82 valence electrons. The van der Waals surface area contributed by atoms with Gasteiger partial charge in [0, 0.05) is 0 Å². The van der Waals surface area contributed by atoms with Crippen molar-refractivity contribution in [3.8, 4) is 0 Å². The molecule has 0 bridgehead atoms. The van der Waals surface area contributed by atoms with Gasteiger partial charge >= 0.3 is 11.9 Å². The average Bonchev–Trinajstić information content (AvgIpc) is 1.98. The normalized spacial score (nSPS) is 15.8. The number of rotatable bonds is 4. The van der Waals surface area contributed by atoms with E-state index in [-0.39, 0.29) is 0 Å². The van der Waals surface area contributed by atoms with Crippen molar-refractivity contribution in [3.63, 3.8) is 0 Å². The minimum Gasteiger partial charge on any atom is -0.518 e. The van der Waals surface area contributed by atoms with Crippen molar-refractivity contribution in [1.29, 1.82) is 0 Å². The predicted octanol–water partition coefficient (Wildman–Crippen LogP) is -0.829. The number of carboxylic acid groups (broad SMARTS) is 1. The van der Waals surface area contributed by atoms with E-state index < -0.39 is 32.5 Å². The fraction of sp³-hybridized carbons (Fsp3) is 0.714. The fourth-order valence-electron chi connectivity index (χ4n) is 0.626. The number of aliphatic hydroxyl groups is 2. The molecule has 0 aromatic carbocycles. The third-order valence-electron chi connectivity index (χ3n) is 1.20. The first-order valence-corrected chi connectivity index (χ1v) is 7.38. The molecule has 0 amide bonds. The maximum atomic E-state index is 11.0. The first-order chi connectivity index (χ1) is 6.15. The molecule has 6 nitrogen and oxygen atoms in total. The molecule has 3 N–H and O–H groups in total. The number of aliphatic carboxylic acids is 1. The zero-order chi connectivity index (χ0) is 11.5. The Labute approximate surface area is 82.3 Å². The summed E-state index contributed by atoms with van der Waals surface area (Å²) in [6.07, 6.45) is -4.17. The molecule has 0 fully saturated rings. The van der Waals surface area contributed by atoms with Crippen LogP contribution in [0.15, 0.2) is 0 Å². The van der Waals surface area contributed by atoms with Gasteiger partial charge in [-0.15, -0.1) is 0 Å². The van der Waals surface area contributed by atoms with Gasteiger partial charge < -0.3 is 19.7 Å². The van der Waals surface area contributed by atoms with Gasteiger partial charge in [0.05, 0.1) is 0 Å². The van der Waals surface area contributed by atoms with Crippen molar-refractivity contribution in [2.45, 2.75) is 31.8 Å². The Morgan fingerprint density at radius 2 is 1.57 bits per heavy atom. The van der Waals surface area contributed by atoms with Crippen LogP contribution in [0.1, 0.15) is 0 Å². The summed E-state index contributed by atoms with van der Waals surface area (Å²) in [4.78, 5) is 21.2. The van der Waals surface area contributed by atoms with E-state index in [0.29, 0.717) is 0 Å². The van der Waals surface area contributed by atoms with Crippen LogP contribution in [0.2, 0.25) is 19.6 Å². The van der Waals surface area contributed by atoms with Gasteiger partial charge in [-0.25, -0.2) is 4.79 Å². The molecular formula is C7H14O6Si. The summed E-state index contributed by atoms with van der Waals surface area (Å²) < 4.78 is 4.80. The van der Waals surface area contributed by atoms with Gasteiger partial charge in [-0.3, -0.25) is 4.79 Å². The minimum atomic E-state index is -2.18. The Balaban J connectivity index is 4.33. The van der Waals surface area contributed by atoms with Crippen molar-refractivity contribution in [2.75, 3.05) is 0 Å². The summed E-state index contributed by atoms with van der Waals surface area (Å²) in [5.41, 5.74) is 0. The topological polar surface area (TPSA) is 104 Å². The molecule has 0 heterocycles. The van der Waals surface area contributed by atoms with Gasteiger partial charge in [0.25, 0.3) is 0 Å². The third-order valence-corrected chi connectivity index (χ3v) is 2.01. The van der Waals surface area contributed by atoms with Crippen molar-refractivity contribution in [3.05, 3.63) is 0 Å². The van der Waals surface area contributed by atoms with Crippen LogP contribution in [0, 0.1) is 0 Å². The van der Waals surface area contributed by atoms with Gasteiger partial charge in [-0.05, 0) is 19.6 Å². The van der Waals surface area contributed by atoms with Crippen LogP contribution in [-0.2, 0) is 14.0 Å². The molecule has 0 saturated carbocycles. The highest BCUT2D eigenvalue weighted by Crippen LogP contribution is 2.06. The van der Waals surface area contributed by atoms with E-state index in [0.717, 1.165) is 0 Å². The molecule has 0 rings (SSSR count). The highest BCUT2D eigenvalue weighted by molar-refractivity contribution is 6.71. The van der Waals surface area contributed by atoms with Crippen LogP contribution in [0.4, 0.5) is 0 Å². The van der Waals surface area contributed by atoms with Crippen LogP contribution < -0.4 is 0 Å². The summed E-state index contributed by atoms with van der Waals surface area (Å²) >= 11 is 0. The van der Waals surface area contributed by atoms with Gasteiger partial charge in [0.2, 0.25) is 8.32 Å². The zero-order valence-electron chi connectivity index (χ0n) is 8.22. The van der Waals surface area contributed by atoms with Gasteiger partial charge in [-0.2, -0.15) is 0 Å². The van der Waals surface area contributed by atoms with Crippen LogP contribution in [0.25, 0.3) is 0 Å². The maximum absolute atomic E-state index is 11.0. The Kier molecular flexibility index (Phi) is 4.24. The van der Waals surface area contributed by atoms with Crippen LogP contribution >= 0.6 is 0 Å². The molecule has 0 aliphatic rings. The Morgan fingerprint density at radius 1 is 1.14 bits per heavy atom. The van der Waals surface area contributed by atoms with Gasteiger partial charge in [-0.1, -0.05) is 0 Å².